The summed E-state index contributed by atoms with van der Waals surface area (Å²) in [5, 5.41) is 0. The van der Waals surface area contributed by atoms with Gasteiger partial charge in [0.15, 0.2) is 0 Å². The molecule has 0 amide bonds. The molecule has 26 valence electrons. The summed E-state index contributed by atoms with van der Waals surface area (Å²) >= 11 is 0. The monoisotopic (exact) mass is 316 g/mol. The van der Waals surface area contributed by atoms with Gasteiger partial charge in [0.25, 0.3) is 9.12 Å². The van der Waals surface area contributed by atoms with E-state index in [4.69, 9.17) is 4.57 Å². The molecular weight excluding hydrogens is 313 g/mol. The van der Waals surface area contributed by atoms with Gasteiger partial charge in [-0.25, -0.2) is 0 Å². The molecule has 0 aromatic heterocycles. The molecule has 4 radical (unpaired) electrons. The summed E-state index contributed by atoms with van der Waals surface area (Å²) in [7, 11) is 2.28. The van der Waals surface area contributed by atoms with Gasteiger partial charge in [0, 0.05) is 16.8 Å². The predicted molar refractivity (Wildman–Crippen MR) is 16.2 cm³/mol. The van der Waals surface area contributed by atoms with E-state index in [9.17, 15) is 0 Å². The molecular formula is H2CoOPPb. The molecule has 0 atom stereocenters. The van der Waals surface area contributed by atoms with Crippen molar-refractivity contribution in [2.75, 3.05) is 0 Å². The summed E-state index contributed by atoms with van der Waals surface area (Å²) in [6, 6.07) is 0. The van der Waals surface area contributed by atoms with Crippen LogP contribution in [0.3, 0.4) is 0 Å². The fourth-order valence-electron chi connectivity index (χ4n) is 0. The summed E-state index contributed by atoms with van der Waals surface area (Å²) in [6.07, 6.45) is 0. The SMILES string of the molecule is O=[P].[Co].[PbH2]. The standard InChI is InChI=1S/Co.OP.Pb.2H/c;1-2;;;. The van der Waals surface area contributed by atoms with Crippen molar-refractivity contribution in [2.24, 2.45) is 0 Å². The van der Waals surface area contributed by atoms with E-state index in [0.717, 1.165) is 0 Å². The van der Waals surface area contributed by atoms with Gasteiger partial charge in [0.1, 0.15) is 0 Å². The Labute approximate surface area is 57.5 Å². The maximum absolute atomic E-state index is 7.94. The van der Waals surface area contributed by atoms with Crippen LogP contribution in [0.5, 0.6) is 0 Å². The van der Waals surface area contributed by atoms with E-state index in [2.05, 4.69) is 9.12 Å². The maximum atomic E-state index is 7.94. The molecule has 1 nitrogen and oxygen atoms in total. The summed E-state index contributed by atoms with van der Waals surface area (Å²) in [4.78, 5) is 0. The molecule has 4 heavy (non-hydrogen) atoms. The van der Waals surface area contributed by atoms with E-state index >= 15 is 0 Å². The second-order valence-corrected chi connectivity index (χ2v) is 0. The van der Waals surface area contributed by atoms with Crippen molar-refractivity contribution in [3.05, 3.63) is 0 Å². The molecule has 0 aliphatic rings. The van der Waals surface area contributed by atoms with Gasteiger partial charge in [-0.3, -0.25) is 4.57 Å². The van der Waals surface area contributed by atoms with Gasteiger partial charge < -0.3 is 0 Å². The third-order valence-corrected chi connectivity index (χ3v) is 0. The molecule has 0 saturated carbocycles. The molecule has 0 bridgehead atoms. The van der Waals surface area contributed by atoms with E-state index in [0.29, 0.717) is 0 Å². The first kappa shape index (κ1) is 17.7. The number of hydrogen-bond acceptors (Lipinski definition) is 1. The molecule has 0 aromatic rings. The average Bonchev–Trinajstić information content (AvgIpc) is 1.00. The quantitative estimate of drug-likeness (QED) is 0.448. The molecule has 0 aromatic carbocycles. The predicted octanol–water partition coefficient (Wildman–Crippen LogP) is -0.176. The average molecular weight is 315 g/mol. The van der Waals surface area contributed by atoms with Crippen molar-refractivity contribution >= 4 is 36.4 Å². The first-order valence-electron chi connectivity index (χ1n) is 0.183. The number of rotatable bonds is 0. The summed E-state index contributed by atoms with van der Waals surface area (Å²) < 4.78 is 7.94. The molecule has 0 unspecified atom stereocenters. The van der Waals surface area contributed by atoms with Crippen molar-refractivity contribution in [1.29, 1.82) is 0 Å². The molecule has 0 aliphatic carbocycles. The number of hydrogen-bond donors (Lipinski definition) is 0. The Morgan fingerprint density at radius 1 is 1.25 bits per heavy atom. The van der Waals surface area contributed by atoms with Gasteiger partial charge in [-0.2, -0.15) is 0 Å². The second kappa shape index (κ2) is 24.1. The summed E-state index contributed by atoms with van der Waals surface area (Å²) in [5.74, 6) is 0. The second-order valence-electron chi connectivity index (χ2n) is 0. The minimum atomic E-state index is 0. The fourth-order valence-corrected chi connectivity index (χ4v) is 0. The van der Waals surface area contributed by atoms with Gasteiger partial charge in [-0.1, -0.05) is 0 Å². The third-order valence-electron chi connectivity index (χ3n) is 0. The molecule has 0 aliphatic heterocycles. The van der Waals surface area contributed by atoms with Gasteiger partial charge in [0.05, 0.1) is 0 Å². The van der Waals surface area contributed by atoms with Gasteiger partial charge >= 0.3 is 27.3 Å². The molecule has 0 fully saturated rings. The zero-order valence-corrected chi connectivity index (χ0v) is 9.33. The van der Waals surface area contributed by atoms with Crippen LogP contribution in [0.1, 0.15) is 0 Å². The Kier molecular flexibility index (Phi) is 107. The molecule has 0 rings (SSSR count). The Morgan fingerprint density at radius 2 is 1.25 bits per heavy atom. The topological polar surface area (TPSA) is 17.1 Å². The Balaban J connectivity index is -0.00000000500. The fraction of sp³-hybridized carbons (Fsp3) is 0. The summed E-state index contributed by atoms with van der Waals surface area (Å²) in [5.41, 5.74) is 0. The van der Waals surface area contributed by atoms with Gasteiger partial charge in [-0.05, 0) is 0 Å². The molecule has 0 N–H and O–H groups in total. The van der Waals surface area contributed by atoms with Crippen LogP contribution >= 0.6 is 9.12 Å². The zero-order valence-electron chi connectivity index (χ0n) is 1.90. The van der Waals surface area contributed by atoms with Crippen LogP contribution in [0.15, 0.2) is 0 Å². The Hall–Kier alpha value is 1.53. The van der Waals surface area contributed by atoms with Crippen LogP contribution in [0, 0.1) is 0 Å². The van der Waals surface area contributed by atoms with Crippen molar-refractivity contribution in [2.45, 2.75) is 0 Å². The van der Waals surface area contributed by atoms with Crippen LogP contribution in [0.4, 0.5) is 0 Å². The van der Waals surface area contributed by atoms with Crippen molar-refractivity contribution in [3.8, 4) is 0 Å². The zero-order chi connectivity index (χ0) is 2.00. The Morgan fingerprint density at radius 3 is 1.25 bits per heavy atom. The van der Waals surface area contributed by atoms with Crippen LogP contribution in [0.2, 0.25) is 0 Å². The van der Waals surface area contributed by atoms with Crippen LogP contribution < -0.4 is 0 Å². The first-order valence-corrected chi connectivity index (χ1v) is 0.548. The van der Waals surface area contributed by atoms with E-state index in [-0.39, 0.29) is 44.1 Å². The molecule has 4 heteroatoms. The van der Waals surface area contributed by atoms with Crippen molar-refractivity contribution in [1.82, 2.24) is 0 Å². The van der Waals surface area contributed by atoms with E-state index in [1.54, 1.807) is 0 Å². The Bertz CT molecular complexity index is 8.00. The van der Waals surface area contributed by atoms with E-state index < -0.39 is 0 Å². The van der Waals surface area contributed by atoms with Crippen LogP contribution in [-0.4, -0.2) is 27.3 Å². The molecule has 0 saturated heterocycles. The van der Waals surface area contributed by atoms with Crippen LogP contribution in [0.25, 0.3) is 0 Å². The van der Waals surface area contributed by atoms with Gasteiger partial charge in [-0.15, -0.1) is 0 Å². The summed E-state index contributed by atoms with van der Waals surface area (Å²) in [6.45, 7) is 0. The third kappa shape index (κ3) is 9.66. The van der Waals surface area contributed by atoms with E-state index in [1.165, 1.54) is 0 Å². The van der Waals surface area contributed by atoms with Crippen molar-refractivity contribution in [3.63, 3.8) is 0 Å². The van der Waals surface area contributed by atoms with Crippen LogP contribution in [-0.2, 0) is 21.3 Å². The molecule has 0 spiro atoms. The minimum absolute atomic E-state index is 0. The van der Waals surface area contributed by atoms with E-state index in [1.807, 2.05) is 0 Å². The first-order chi connectivity index (χ1) is 1.00. The van der Waals surface area contributed by atoms with Crippen molar-refractivity contribution < 1.29 is 21.3 Å². The molecule has 0 heterocycles. The van der Waals surface area contributed by atoms with Gasteiger partial charge in [0.2, 0.25) is 0 Å². The normalized spacial score (nSPS) is 1.00.